The molecule has 4 rings (SSSR count). The Bertz CT molecular complexity index is 1060. The maximum Gasteiger partial charge on any atom is 0.308 e. The molecule has 3 atom stereocenters. The molecule has 9 nitrogen and oxygen atoms in total. The van der Waals surface area contributed by atoms with Gasteiger partial charge in [-0.2, -0.15) is 0 Å². The number of amides is 1. The van der Waals surface area contributed by atoms with E-state index in [1.807, 2.05) is 34.8 Å². The number of aliphatic hydroxyl groups excluding tert-OH is 1. The quantitative estimate of drug-likeness (QED) is 0.424. The third-order valence-electron chi connectivity index (χ3n) is 7.82. The number of aliphatic carboxylic acids is 1. The molecular weight excluding hydrogens is 472 g/mol. The number of benzene rings is 1. The number of likely N-dealkylation sites (tertiary alicyclic amines) is 1. The molecule has 0 spiro atoms. The maximum atomic E-state index is 13.4. The number of carbonyl (C=O) groups is 2. The first-order valence-corrected chi connectivity index (χ1v) is 13.5. The molecule has 1 saturated heterocycles. The summed E-state index contributed by atoms with van der Waals surface area (Å²) in [4.78, 5) is 34.5. The van der Waals surface area contributed by atoms with Crippen molar-refractivity contribution in [2.45, 2.75) is 57.4 Å². The monoisotopic (exact) mass is 512 g/mol. The number of ether oxygens (including phenoxy) is 1. The van der Waals surface area contributed by atoms with Crippen LogP contribution in [0.15, 0.2) is 30.6 Å². The molecule has 202 valence electrons. The normalized spacial score (nSPS) is 21.1. The lowest BCUT2D eigenvalue weighted by atomic mass is 9.83. The highest BCUT2D eigenvalue weighted by atomic mass is 16.5. The first-order chi connectivity index (χ1) is 17.9. The number of aliphatic hydroxyl groups is 1. The average molecular weight is 513 g/mol. The molecule has 1 fully saturated rings. The number of aryl methyl sites for hydroxylation is 2. The van der Waals surface area contributed by atoms with Crippen molar-refractivity contribution < 1.29 is 24.5 Å². The summed E-state index contributed by atoms with van der Waals surface area (Å²) in [5, 5.41) is 19.7. The van der Waals surface area contributed by atoms with E-state index in [9.17, 15) is 19.8 Å². The molecule has 37 heavy (non-hydrogen) atoms. The Morgan fingerprint density at radius 1 is 1.24 bits per heavy atom. The molecule has 2 aliphatic heterocycles. The number of imidazole rings is 1. The number of hydrogen-bond acceptors (Lipinski definition) is 6. The van der Waals surface area contributed by atoms with Crippen LogP contribution in [-0.2, 0) is 29.5 Å². The second-order valence-electron chi connectivity index (χ2n) is 10.2. The number of carboxylic acid groups (broad SMARTS) is 1. The Balaban J connectivity index is 1.59. The van der Waals surface area contributed by atoms with Crippen LogP contribution in [0.4, 0.5) is 0 Å². The number of carbonyl (C=O) groups excluding carboxylic acids is 1. The molecule has 9 heteroatoms. The van der Waals surface area contributed by atoms with E-state index in [1.165, 1.54) is 0 Å². The summed E-state index contributed by atoms with van der Waals surface area (Å²) in [5.74, 6) is 0.100. The van der Waals surface area contributed by atoms with Gasteiger partial charge in [-0.1, -0.05) is 25.5 Å². The van der Waals surface area contributed by atoms with E-state index in [4.69, 9.17) is 4.74 Å². The smallest absolute Gasteiger partial charge is 0.308 e. The van der Waals surface area contributed by atoms with Crippen LogP contribution in [0.5, 0.6) is 5.75 Å². The van der Waals surface area contributed by atoms with Gasteiger partial charge in [-0.15, -0.1) is 0 Å². The van der Waals surface area contributed by atoms with Crippen molar-refractivity contribution in [2.75, 3.05) is 39.4 Å². The molecule has 0 aliphatic carbocycles. The first kappa shape index (κ1) is 27.1. The molecular formula is C28H40N4O5. The number of fused-ring (bicyclic) bond motifs is 1. The number of carboxylic acids is 1. The molecule has 3 heterocycles. The van der Waals surface area contributed by atoms with Crippen molar-refractivity contribution in [2.24, 2.45) is 13.0 Å². The summed E-state index contributed by atoms with van der Waals surface area (Å²) >= 11 is 0. The Morgan fingerprint density at radius 2 is 2.05 bits per heavy atom. The van der Waals surface area contributed by atoms with E-state index in [2.05, 4.69) is 22.9 Å². The highest BCUT2D eigenvalue weighted by Crippen LogP contribution is 2.41. The van der Waals surface area contributed by atoms with Crippen LogP contribution in [0.3, 0.4) is 0 Å². The first-order valence-electron chi connectivity index (χ1n) is 13.5. The minimum absolute atomic E-state index is 0.00367. The molecule has 1 amide bonds. The van der Waals surface area contributed by atoms with Crippen molar-refractivity contribution in [3.8, 4) is 5.75 Å². The Morgan fingerprint density at radius 3 is 2.76 bits per heavy atom. The Labute approximate surface area is 219 Å². The van der Waals surface area contributed by atoms with Crippen LogP contribution >= 0.6 is 0 Å². The van der Waals surface area contributed by atoms with Gasteiger partial charge < -0.3 is 24.4 Å². The minimum Gasteiger partial charge on any atom is -0.493 e. The number of rotatable bonds is 13. The van der Waals surface area contributed by atoms with Gasteiger partial charge in [-0.05, 0) is 36.5 Å². The van der Waals surface area contributed by atoms with Gasteiger partial charge in [0.1, 0.15) is 11.6 Å². The lowest BCUT2D eigenvalue weighted by Gasteiger charge is -2.29. The van der Waals surface area contributed by atoms with Gasteiger partial charge in [0.2, 0.25) is 5.91 Å². The SMILES string of the molecule is CCCCN(CCCO)C(=O)CN1CC(c2ccc3c(c2)CCO3)C(C(=O)O)C1CCc1nccn1C. The number of nitrogens with zero attached hydrogens (tertiary/aromatic N) is 4. The van der Waals surface area contributed by atoms with Crippen LogP contribution in [0.25, 0.3) is 0 Å². The van der Waals surface area contributed by atoms with E-state index < -0.39 is 11.9 Å². The summed E-state index contributed by atoms with van der Waals surface area (Å²) in [5.41, 5.74) is 2.12. The van der Waals surface area contributed by atoms with E-state index in [1.54, 1.807) is 6.20 Å². The molecule has 2 aromatic rings. The zero-order chi connectivity index (χ0) is 26.4. The summed E-state index contributed by atoms with van der Waals surface area (Å²) < 4.78 is 7.62. The Hall–Kier alpha value is -2.91. The van der Waals surface area contributed by atoms with Crippen LogP contribution in [0, 0.1) is 5.92 Å². The lowest BCUT2D eigenvalue weighted by Crippen LogP contribution is -2.45. The van der Waals surface area contributed by atoms with Crippen molar-refractivity contribution in [1.82, 2.24) is 19.4 Å². The van der Waals surface area contributed by atoms with E-state index >= 15 is 0 Å². The van der Waals surface area contributed by atoms with Crippen molar-refractivity contribution in [3.63, 3.8) is 0 Å². The molecule has 2 aliphatic rings. The standard InChI is InChI=1S/C28H40N4O5/c1-3-4-12-31(13-5-15-33)26(34)19-32-18-22(20-6-8-24-21(17-20)10-16-37-24)27(28(35)36)23(32)7-9-25-29-11-14-30(25)2/h6,8,11,14,17,22-23,27,33H,3-5,7,9-10,12-13,15-16,18-19H2,1-2H3,(H,35,36). The fraction of sp³-hybridized carbons (Fsp3) is 0.607. The van der Waals surface area contributed by atoms with Gasteiger partial charge >= 0.3 is 5.97 Å². The van der Waals surface area contributed by atoms with Crippen LogP contribution in [0.2, 0.25) is 0 Å². The van der Waals surface area contributed by atoms with Gasteiger partial charge in [-0.3, -0.25) is 14.5 Å². The molecule has 2 N–H and O–H groups in total. The van der Waals surface area contributed by atoms with Gasteiger partial charge in [0.15, 0.2) is 0 Å². The largest absolute Gasteiger partial charge is 0.493 e. The number of aromatic nitrogens is 2. The second kappa shape index (κ2) is 12.6. The molecule has 1 aromatic heterocycles. The highest BCUT2D eigenvalue weighted by molar-refractivity contribution is 5.79. The van der Waals surface area contributed by atoms with Crippen molar-refractivity contribution >= 4 is 11.9 Å². The average Bonchev–Trinajstić information content (AvgIpc) is 3.60. The molecule has 1 aromatic carbocycles. The Kier molecular flexibility index (Phi) is 9.21. The molecule has 0 bridgehead atoms. The fourth-order valence-corrected chi connectivity index (χ4v) is 5.79. The molecule has 3 unspecified atom stereocenters. The van der Waals surface area contributed by atoms with Gasteiger partial charge in [0.25, 0.3) is 0 Å². The van der Waals surface area contributed by atoms with Crippen LogP contribution < -0.4 is 4.74 Å². The van der Waals surface area contributed by atoms with E-state index in [-0.39, 0.29) is 31.0 Å². The summed E-state index contributed by atoms with van der Waals surface area (Å²) in [7, 11) is 1.94. The summed E-state index contributed by atoms with van der Waals surface area (Å²) in [6.45, 7) is 4.63. The second-order valence-corrected chi connectivity index (χ2v) is 10.2. The number of unbranched alkanes of at least 4 members (excludes halogenated alkanes) is 1. The van der Waals surface area contributed by atoms with Crippen LogP contribution in [-0.4, -0.2) is 86.9 Å². The minimum atomic E-state index is -0.829. The van der Waals surface area contributed by atoms with E-state index in [0.29, 0.717) is 45.5 Å². The third kappa shape index (κ3) is 6.33. The topological polar surface area (TPSA) is 108 Å². The van der Waals surface area contributed by atoms with Crippen molar-refractivity contribution in [1.29, 1.82) is 0 Å². The van der Waals surface area contributed by atoms with Gasteiger partial charge in [0.05, 0.1) is 19.1 Å². The predicted molar refractivity (Wildman–Crippen MR) is 140 cm³/mol. The summed E-state index contributed by atoms with van der Waals surface area (Å²) in [6.07, 6.45) is 8.12. The zero-order valence-corrected chi connectivity index (χ0v) is 22.0. The number of hydrogen-bond donors (Lipinski definition) is 2. The van der Waals surface area contributed by atoms with Gasteiger partial charge in [0, 0.05) is 70.5 Å². The zero-order valence-electron chi connectivity index (χ0n) is 22.0. The third-order valence-corrected chi connectivity index (χ3v) is 7.82. The molecule has 0 saturated carbocycles. The highest BCUT2D eigenvalue weighted by Gasteiger charge is 2.47. The lowest BCUT2D eigenvalue weighted by molar-refractivity contribution is -0.143. The molecule has 0 radical (unpaired) electrons. The summed E-state index contributed by atoms with van der Waals surface area (Å²) in [6, 6.07) is 5.74. The van der Waals surface area contributed by atoms with Crippen molar-refractivity contribution in [3.05, 3.63) is 47.5 Å². The predicted octanol–water partition coefficient (Wildman–Crippen LogP) is 2.47. The van der Waals surface area contributed by atoms with E-state index in [0.717, 1.165) is 42.0 Å². The maximum absolute atomic E-state index is 13.4. The fourth-order valence-electron chi connectivity index (χ4n) is 5.79. The van der Waals surface area contributed by atoms with Gasteiger partial charge in [-0.25, -0.2) is 4.98 Å². The van der Waals surface area contributed by atoms with Crippen LogP contribution in [0.1, 0.15) is 55.5 Å².